The van der Waals surface area contributed by atoms with Gasteiger partial charge in [-0.25, -0.2) is 9.69 Å². The first kappa shape index (κ1) is 19.4. The molecule has 0 spiro atoms. The number of nitrogens with one attached hydrogen (secondary N) is 1. The summed E-state index contributed by atoms with van der Waals surface area (Å²) in [5, 5.41) is 1.85. The number of hydrogen-bond donors (Lipinski definition) is 1. The van der Waals surface area contributed by atoms with Gasteiger partial charge in [0.15, 0.2) is 4.67 Å². The highest BCUT2D eigenvalue weighted by Crippen LogP contribution is 2.43. The summed E-state index contributed by atoms with van der Waals surface area (Å²) in [5.74, 6) is -0.833. The molecule has 1 fully saturated rings. The molecule has 144 valence electrons. The number of hydrogen-bond acceptors (Lipinski definition) is 4. The maximum atomic E-state index is 13.9. The van der Waals surface area contributed by atoms with E-state index in [1.54, 1.807) is 19.2 Å². The monoisotopic (exact) mass is 445 g/mol. The third kappa shape index (κ3) is 3.46. The second-order valence-corrected chi connectivity index (χ2v) is 6.92. The summed E-state index contributed by atoms with van der Waals surface area (Å²) in [6.45, 7) is -0.124. The SMILES string of the molecule is CN(Cc1ccc(Br)o1)CN1C(=O)NC(c2ccccc2)(C(F)(F)F)C1=O. The molecular formula is C17H15BrF3N3O3. The average molecular weight is 446 g/mol. The molecule has 1 saturated heterocycles. The van der Waals surface area contributed by atoms with E-state index < -0.39 is 23.7 Å². The minimum atomic E-state index is -5.00. The Morgan fingerprint density at radius 3 is 2.41 bits per heavy atom. The van der Waals surface area contributed by atoms with Crippen LogP contribution in [0, 0.1) is 0 Å². The van der Waals surface area contributed by atoms with Gasteiger partial charge in [0.2, 0.25) is 5.54 Å². The second-order valence-electron chi connectivity index (χ2n) is 6.14. The Balaban J connectivity index is 1.86. The summed E-state index contributed by atoms with van der Waals surface area (Å²) in [6, 6.07) is 8.86. The molecule has 3 rings (SSSR count). The number of furan rings is 1. The normalized spacial score (nSPS) is 20.4. The van der Waals surface area contributed by atoms with Gasteiger partial charge in [0.1, 0.15) is 5.76 Å². The molecule has 1 N–H and O–H groups in total. The van der Waals surface area contributed by atoms with E-state index in [4.69, 9.17) is 4.42 Å². The van der Waals surface area contributed by atoms with E-state index in [-0.39, 0.29) is 18.8 Å². The molecule has 1 unspecified atom stereocenters. The van der Waals surface area contributed by atoms with E-state index in [1.807, 2.05) is 5.32 Å². The van der Waals surface area contributed by atoms with Crippen LogP contribution in [0.1, 0.15) is 11.3 Å². The fourth-order valence-corrected chi connectivity index (χ4v) is 3.28. The van der Waals surface area contributed by atoms with Crippen molar-refractivity contribution in [2.24, 2.45) is 0 Å². The highest BCUT2D eigenvalue weighted by Gasteiger charge is 2.68. The molecule has 0 bridgehead atoms. The molecule has 1 atom stereocenters. The summed E-state index contributed by atoms with van der Waals surface area (Å²) in [4.78, 5) is 27.0. The molecule has 2 aromatic rings. The van der Waals surface area contributed by atoms with Crippen LogP contribution >= 0.6 is 15.9 Å². The van der Waals surface area contributed by atoms with E-state index >= 15 is 0 Å². The maximum Gasteiger partial charge on any atom is 0.425 e. The van der Waals surface area contributed by atoms with E-state index in [0.29, 0.717) is 15.3 Å². The Morgan fingerprint density at radius 2 is 1.85 bits per heavy atom. The maximum absolute atomic E-state index is 13.9. The van der Waals surface area contributed by atoms with Crippen LogP contribution in [-0.2, 0) is 16.9 Å². The first-order valence-electron chi connectivity index (χ1n) is 7.84. The van der Waals surface area contributed by atoms with Gasteiger partial charge in [-0.05, 0) is 40.7 Å². The fourth-order valence-electron chi connectivity index (χ4n) is 2.94. The minimum absolute atomic E-state index is 0.201. The number of benzene rings is 1. The zero-order chi connectivity index (χ0) is 19.8. The molecule has 1 aromatic carbocycles. The lowest BCUT2D eigenvalue weighted by Gasteiger charge is -2.30. The lowest BCUT2D eigenvalue weighted by atomic mass is 9.89. The molecule has 27 heavy (non-hydrogen) atoms. The van der Waals surface area contributed by atoms with Crippen molar-refractivity contribution >= 4 is 27.9 Å². The zero-order valence-corrected chi connectivity index (χ0v) is 15.7. The number of rotatable bonds is 5. The Morgan fingerprint density at radius 1 is 1.19 bits per heavy atom. The van der Waals surface area contributed by atoms with Crippen molar-refractivity contribution < 1.29 is 27.2 Å². The van der Waals surface area contributed by atoms with Crippen LogP contribution in [0.2, 0.25) is 0 Å². The lowest BCUT2D eigenvalue weighted by molar-refractivity contribution is -0.198. The summed E-state index contributed by atoms with van der Waals surface area (Å²) in [7, 11) is 1.56. The molecule has 1 aliphatic heterocycles. The van der Waals surface area contributed by atoms with Crippen LogP contribution in [0.25, 0.3) is 0 Å². The highest BCUT2D eigenvalue weighted by atomic mass is 79.9. The summed E-state index contributed by atoms with van der Waals surface area (Å²) in [6.07, 6.45) is -5.00. The molecule has 6 nitrogen and oxygen atoms in total. The number of carbonyl (C=O) groups is 2. The molecule has 3 amide bonds. The number of imide groups is 1. The van der Waals surface area contributed by atoms with Gasteiger partial charge in [0.05, 0.1) is 13.2 Å². The molecule has 0 aliphatic carbocycles. The summed E-state index contributed by atoms with van der Waals surface area (Å²) >= 11 is 3.15. The van der Waals surface area contributed by atoms with Gasteiger partial charge < -0.3 is 9.73 Å². The first-order chi connectivity index (χ1) is 12.6. The van der Waals surface area contributed by atoms with Crippen molar-refractivity contribution in [3.8, 4) is 0 Å². The largest absolute Gasteiger partial charge is 0.453 e. The Labute approximate surface area is 161 Å². The van der Waals surface area contributed by atoms with Crippen molar-refractivity contribution in [2.75, 3.05) is 13.7 Å². The first-order valence-corrected chi connectivity index (χ1v) is 8.63. The van der Waals surface area contributed by atoms with E-state index in [2.05, 4.69) is 15.9 Å². The minimum Gasteiger partial charge on any atom is -0.453 e. The van der Waals surface area contributed by atoms with Gasteiger partial charge in [-0.2, -0.15) is 13.2 Å². The number of nitrogens with zero attached hydrogens (tertiary/aromatic N) is 2. The second kappa shape index (κ2) is 7.01. The fraction of sp³-hybridized carbons (Fsp3) is 0.294. The third-order valence-corrected chi connectivity index (χ3v) is 4.60. The van der Waals surface area contributed by atoms with Crippen molar-refractivity contribution in [3.63, 3.8) is 0 Å². The van der Waals surface area contributed by atoms with Crippen molar-refractivity contribution in [1.29, 1.82) is 0 Å². The third-order valence-electron chi connectivity index (χ3n) is 4.18. The topological polar surface area (TPSA) is 65.8 Å². The van der Waals surface area contributed by atoms with Crippen LogP contribution in [0.3, 0.4) is 0 Å². The molecule has 0 saturated carbocycles. The van der Waals surface area contributed by atoms with Gasteiger partial charge >= 0.3 is 12.2 Å². The lowest BCUT2D eigenvalue weighted by Crippen LogP contribution is -2.56. The van der Waals surface area contributed by atoms with Crippen molar-refractivity contribution in [3.05, 3.63) is 58.5 Å². The highest BCUT2D eigenvalue weighted by molar-refractivity contribution is 9.10. The van der Waals surface area contributed by atoms with Crippen molar-refractivity contribution in [2.45, 2.75) is 18.3 Å². The quantitative estimate of drug-likeness (QED) is 0.715. The van der Waals surface area contributed by atoms with Crippen LogP contribution in [0.5, 0.6) is 0 Å². The molecule has 1 aromatic heterocycles. The van der Waals surface area contributed by atoms with Crippen LogP contribution in [0.15, 0.2) is 51.6 Å². The number of urea groups is 1. The Hall–Kier alpha value is -2.33. The van der Waals surface area contributed by atoms with Gasteiger partial charge in [0.25, 0.3) is 5.91 Å². The summed E-state index contributed by atoms with van der Waals surface area (Å²) < 4.78 is 47.5. The molecule has 0 radical (unpaired) electrons. The summed E-state index contributed by atoms with van der Waals surface area (Å²) in [5.41, 5.74) is -3.43. The van der Waals surface area contributed by atoms with E-state index in [1.165, 1.54) is 35.2 Å². The van der Waals surface area contributed by atoms with Crippen LogP contribution in [-0.4, -0.2) is 41.6 Å². The predicted octanol–water partition coefficient (Wildman–Crippen LogP) is 3.44. The molecule has 10 heteroatoms. The standard InChI is InChI=1S/C17H15BrF3N3O3/c1-23(9-12-7-8-13(18)27-12)10-24-14(25)16(17(19,20)21,22-15(24)26)11-5-3-2-4-6-11/h2-8H,9-10H2,1H3,(H,22,26). The van der Waals surface area contributed by atoms with Gasteiger partial charge in [-0.1, -0.05) is 30.3 Å². The van der Waals surface area contributed by atoms with Gasteiger partial charge in [-0.3, -0.25) is 9.69 Å². The molecule has 2 heterocycles. The number of carbonyl (C=O) groups excluding carboxylic acids is 2. The van der Waals surface area contributed by atoms with Gasteiger partial charge in [-0.15, -0.1) is 0 Å². The number of alkyl halides is 3. The van der Waals surface area contributed by atoms with Gasteiger partial charge in [0, 0.05) is 0 Å². The number of amides is 3. The van der Waals surface area contributed by atoms with Crippen LogP contribution < -0.4 is 5.32 Å². The molecular weight excluding hydrogens is 431 g/mol. The Kier molecular flexibility index (Phi) is 5.04. The average Bonchev–Trinajstić information content (AvgIpc) is 3.11. The molecule has 1 aliphatic rings. The Bertz CT molecular complexity index is 856. The van der Waals surface area contributed by atoms with E-state index in [0.717, 1.165) is 0 Å². The predicted molar refractivity (Wildman–Crippen MR) is 92.3 cm³/mol. The smallest absolute Gasteiger partial charge is 0.425 e. The van der Waals surface area contributed by atoms with Crippen molar-refractivity contribution in [1.82, 2.24) is 15.1 Å². The van der Waals surface area contributed by atoms with Crippen LogP contribution in [0.4, 0.5) is 18.0 Å². The van der Waals surface area contributed by atoms with E-state index in [9.17, 15) is 22.8 Å². The number of halogens is 4. The zero-order valence-electron chi connectivity index (χ0n) is 14.1.